The van der Waals surface area contributed by atoms with Crippen LogP contribution in [-0.4, -0.2) is 65.9 Å². The molecule has 1 aliphatic rings. The van der Waals surface area contributed by atoms with E-state index >= 15 is 0 Å². The Morgan fingerprint density at radius 1 is 1.24 bits per heavy atom. The largest absolute Gasteiger partial charge is 0.369 e. The van der Waals surface area contributed by atoms with Gasteiger partial charge in [-0.1, -0.05) is 13.8 Å². The van der Waals surface area contributed by atoms with E-state index < -0.39 is 0 Å². The molecule has 0 aliphatic carbocycles. The predicted molar refractivity (Wildman–Crippen MR) is 98.9 cm³/mol. The van der Waals surface area contributed by atoms with Crippen LogP contribution in [0.25, 0.3) is 0 Å². The highest BCUT2D eigenvalue weighted by Crippen LogP contribution is 2.25. The molecule has 7 nitrogen and oxygen atoms in total. The number of nitro groups is 1. The molecule has 1 aromatic rings. The highest BCUT2D eigenvalue weighted by molar-refractivity contribution is 5.74. The first kappa shape index (κ1) is 19.2. The normalized spacial score (nSPS) is 17.1. The van der Waals surface area contributed by atoms with Crippen molar-refractivity contribution < 1.29 is 9.72 Å². The highest BCUT2D eigenvalue weighted by atomic mass is 16.6. The molecule has 1 heterocycles. The molecule has 0 spiro atoms. The Balaban J connectivity index is 1.98. The fraction of sp³-hybridized carbons (Fsp3) is 0.611. The summed E-state index contributed by atoms with van der Waals surface area (Å²) in [7, 11) is 0. The zero-order valence-corrected chi connectivity index (χ0v) is 15.4. The Kier molecular flexibility index (Phi) is 6.75. The van der Waals surface area contributed by atoms with Gasteiger partial charge in [-0.05, 0) is 31.6 Å². The van der Waals surface area contributed by atoms with Crippen molar-refractivity contribution in [3.8, 4) is 0 Å². The lowest BCUT2D eigenvalue weighted by Crippen LogP contribution is -2.45. The summed E-state index contributed by atoms with van der Waals surface area (Å²) < 4.78 is 0. The second-order valence-electron chi connectivity index (χ2n) is 6.40. The van der Waals surface area contributed by atoms with E-state index in [2.05, 4.69) is 23.6 Å². The average molecular weight is 348 g/mol. The Hall–Kier alpha value is -2.15. The van der Waals surface area contributed by atoms with Crippen LogP contribution >= 0.6 is 0 Å². The second-order valence-corrected chi connectivity index (χ2v) is 6.40. The van der Waals surface area contributed by atoms with Gasteiger partial charge in [-0.25, -0.2) is 0 Å². The Labute approximate surface area is 149 Å². The first-order chi connectivity index (χ1) is 12.0. The summed E-state index contributed by atoms with van der Waals surface area (Å²) in [6.45, 7) is 11.1. The van der Waals surface area contributed by atoms with Gasteiger partial charge in [0.05, 0.1) is 11.0 Å². The lowest BCUT2D eigenvalue weighted by atomic mass is 10.2. The minimum Gasteiger partial charge on any atom is -0.369 e. The summed E-state index contributed by atoms with van der Waals surface area (Å²) in [5, 5.41) is 10.8. The van der Waals surface area contributed by atoms with Crippen molar-refractivity contribution in [2.24, 2.45) is 0 Å². The van der Waals surface area contributed by atoms with Crippen LogP contribution in [0.15, 0.2) is 24.3 Å². The number of likely N-dealkylation sites (N-methyl/N-ethyl adjacent to an activating group) is 1. The molecule has 138 valence electrons. The van der Waals surface area contributed by atoms with Crippen LogP contribution in [0.5, 0.6) is 0 Å². The zero-order valence-electron chi connectivity index (χ0n) is 15.4. The molecule has 25 heavy (non-hydrogen) atoms. The van der Waals surface area contributed by atoms with Gasteiger partial charge in [0.2, 0.25) is 5.91 Å². The van der Waals surface area contributed by atoms with Gasteiger partial charge in [-0.15, -0.1) is 0 Å². The SMILES string of the molecule is CCN(CC)CCN(C(C)=O)[C@@H]1CCN(c2ccc([N+](=O)[O-])cc2)C1. The molecule has 1 amide bonds. The molecular formula is C18H28N4O3. The monoisotopic (exact) mass is 348 g/mol. The number of rotatable bonds is 8. The van der Waals surface area contributed by atoms with E-state index in [0.29, 0.717) is 0 Å². The molecule has 1 aromatic carbocycles. The molecule has 1 aliphatic heterocycles. The van der Waals surface area contributed by atoms with Gasteiger partial charge in [-0.2, -0.15) is 0 Å². The summed E-state index contributed by atoms with van der Waals surface area (Å²) in [4.78, 5) is 29.0. The smallest absolute Gasteiger partial charge is 0.269 e. The number of carbonyl (C=O) groups excluding carboxylic acids is 1. The van der Waals surface area contributed by atoms with Gasteiger partial charge >= 0.3 is 0 Å². The van der Waals surface area contributed by atoms with E-state index in [0.717, 1.165) is 51.4 Å². The number of benzene rings is 1. The van der Waals surface area contributed by atoms with Crippen molar-refractivity contribution in [2.45, 2.75) is 33.2 Å². The number of nitro benzene ring substituents is 1. The number of nitrogens with zero attached hydrogens (tertiary/aromatic N) is 4. The van der Waals surface area contributed by atoms with Crippen molar-refractivity contribution in [3.05, 3.63) is 34.4 Å². The number of hydrogen-bond donors (Lipinski definition) is 0. The van der Waals surface area contributed by atoms with Crippen LogP contribution in [0.2, 0.25) is 0 Å². The molecule has 2 rings (SSSR count). The first-order valence-electron chi connectivity index (χ1n) is 8.95. The zero-order chi connectivity index (χ0) is 18.4. The van der Waals surface area contributed by atoms with Gasteiger partial charge in [-0.3, -0.25) is 14.9 Å². The van der Waals surface area contributed by atoms with Crippen molar-refractivity contribution in [1.29, 1.82) is 0 Å². The maximum Gasteiger partial charge on any atom is 0.269 e. The van der Waals surface area contributed by atoms with Gasteiger partial charge < -0.3 is 14.7 Å². The maximum atomic E-state index is 12.1. The average Bonchev–Trinajstić information content (AvgIpc) is 3.08. The number of hydrogen-bond acceptors (Lipinski definition) is 5. The number of amides is 1. The number of non-ortho nitro benzene ring substituents is 1. The molecule has 0 bridgehead atoms. The first-order valence-corrected chi connectivity index (χ1v) is 8.95. The highest BCUT2D eigenvalue weighted by Gasteiger charge is 2.29. The van der Waals surface area contributed by atoms with Gasteiger partial charge in [0.25, 0.3) is 5.69 Å². The topological polar surface area (TPSA) is 69.9 Å². The van der Waals surface area contributed by atoms with E-state index in [9.17, 15) is 14.9 Å². The van der Waals surface area contributed by atoms with Crippen LogP contribution in [0.4, 0.5) is 11.4 Å². The van der Waals surface area contributed by atoms with Crippen LogP contribution in [-0.2, 0) is 4.79 Å². The third-order valence-corrected chi connectivity index (χ3v) is 4.99. The third kappa shape index (κ3) is 4.92. The summed E-state index contributed by atoms with van der Waals surface area (Å²) in [5.74, 6) is 0.114. The summed E-state index contributed by atoms with van der Waals surface area (Å²) in [6, 6.07) is 6.84. The van der Waals surface area contributed by atoms with Crippen molar-refractivity contribution in [1.82, 2.24) is 9.80 Å². The Morgan fingerprint density at radius 3 is 2.40 bits per heavy atom. The van der Waals surface area contributed by atoms with Crippen LogP contribution in [0, 0.1) is 10.1 Å². The van der Waals surface area contributed by atoms with Crippen LogP contribution < -0.4 is 4.90 Å². The molecule has 0 N–H and O–H groups in total. The molecule has 0 aromatic heterocycles. The molecule has 1 saturated heterocycles. The molecule has 1 fully saturated rings. The van der Waals surface area contributed by atoms with E-state index in [-0.39, 0.29) is 22.6 Å². The molecule has 0 radical (unpaired) electrons. The summed E-state index contributed by atoms with van der Waals surface area (Å²) >= 11 is 0. The van der Waals surface area contributed by atoms with Crippen LogP contribution in [0.1, 0.15) is 27.2 Å². The molecule has 1 atom stereocenters. The van der Waals surface area contributed by atoms with Gasteiger partial charge in [0, 0.05) is 50.9 Å². The molecule has 0 saturated carbocycles. The fourth-order valence-electron chi connectivity index (χ4n) is 3.40. The van der Waals surface area contributed by atoms with Crippen LogP contribution in [0.3, 0.4) is 0 Å². The predicted octanol–water partition coefficient (Wildman–Crippen LogP) is 2.36. The quantitative estimate of drug-likeness (QED) is 0.533. The van der Waals surface area contributed by atoms with Crippen molar-refractivity contribution >= 4 is 17.3 Å². The Bertz CT molecular complexity index is 586. The second kappa shape index (κ2) is 8.80. The summed E-state index contributed by atoms with van der Waals surface area (Å²) in [5.41, 5.74) is 1.07. The standard InChI is InChI=1S/C18H28N4O3/c1-4-19(5-2)12-13-21(15(3)23)18-10-11-20(14-18)16-6-8-17(9-7-16)22(24)25/h6-9,18H,4-5,10-14H2,1-3H3/t18-/m1/s1. The minimum atomic E-state index is -0.388. The van der Waals surface area contributed by atoms with Gasteiger partial charge in [0.1, 0.15) is 0 Å². The van der Waals surface area contributed by atoms with Gasteiger partial charge in [0.15, 0.2) is 0 Å². The minimum absolute atomic E-state index is 0.101. The van der Waals surface area contributed by atoms with E-state index in [1.165, 1.54) is 12.1 Å². The number of anilines is 1. The van der Waals surface area contributed by atoms with E-state index in [1.807, 2.05) is 4.90 Å². The number of carbonyl (C=O) groups is 1. The third-order valence-electron chi connectivity index (χ3n) is 4.99. The lowest BCUT2D eigenvalue weighted by Gasteiger charge is -2.30. The van der Waals surface area contributed by atoms with E-state index in [4.69, 9.17) is 0 Å². The molecule has 0 unspecified atom stereocenters. The molecule has 7 heteroatoms. The van der Waals surface area contributed by atoms with Crippen molar-refractivity contribution in [2.75, 3.05) is 44.2 Å². The summed E-state index contributed by atoms with van der Waals surface area (Å²) in [6.07, 6.45) is 0.925. The van der Waals surface area contributed by atoms with E-state index in [1.54, 1.807) is 19.1 Å². The Morgan fingerprint density at radius 2 is 1.88 bits per heavy atom. The maximum absolute atomic E-state index is 12.1. The fourth-order valence-corrected chi connectivity index (χ4v) is 3.40. The molecular weight excluding hydrogens is 320 g/mol. The van der Waals surface area contributed by atoms with Crippen molar-refractivity contribution in [3.63, 3.8) is 0 Å². The lowest BCUT2D eigenvalue weighted by molar-refractivity contribution is -0.384.